The molecule has 0 radical (unpaired) electrons. The van der Waals surface area contributed by atoms with Crippen LogP contribution in [0.1, 0.15) is 22.3 Å². The lowest BCUT2D eigenvalue weighted by atomic mass is 10.0. The van der Waals surface area contributed by atoms with E-state index in [2.05, 4.69) is 25.1 Å². The zero-order valence-electron chi connectivity index (χ0n) is 10.6. The van der Waals surface area contributed by atoms with Crippen LogP contribution in [-0.2, 0) is 0 Å². The van der Waals surface area contributed by atoms with E-state index in [0.717, 1.165) is 11.1 Å². The van der Waals surface area contributed by atoms with Crippen molar-refractivity contribution in [3.05, 3.63) is 70.8 Å². The van der Waals surface area contributed by atoms with Crippen molar-refractivity contribution < 1.29 is 0 Å². The van der Waals surface area contributed by atoms with E-state index < -0.39 is 0 Å². The van der Waals surface area contributed by atoms with Gasteiger partial charge in [0.15, 0.2) is 0 Å². The smallest absolute Gasteiger partial charge is 0.0998 e. The number of hydrogen-bond donors (Lipinski definition) is 0. The van der Waals surface area contributed by atoms with Gasteiger partial charge in [0.1, 0.15) is 0 Å². The van der Waals surface area contributed by atoms with Crippen LogP contribution in [0.3, 0.4) is 0 Å². The molecule has 0 unspecified atom stereocenters. The van der Waals surface area contributed by atoms with Crippen molar-refractivity contribution >= 4 is 11.6 Å². The summed E-state index contributed by atoms with van der Waals surface area (Å²) in [5, 5.41) is 9.26. The van der Waals surface area contributed by atoms with Gasteiger partial charge in [0.2, 0.25) is 0 Å². The second kappa shape index (κ2) is 5.33. The molecule has 0 aliphatic rings. The number of nitrogens with zero attached hydrogens (tertiary/aromatic N) is 1. The maximum Gasteiger partial charge on any atom is 0.0998 e. The van der Waals surface area contributed by atoms with E-state index in [0.29, 0.717) is 5.57 Å². The number of benzene rings is 2. The molecule has 18 heavy (non-hydrogen) atoms. The van der Waals surface area contributed by atoms with Gasteiger partial charge in [-0.25, -0.2) is 0 Å². The highest BCUT2D eigenvalue weighted by Gasteiger charge is 2.00. The first-order valence-electron chi connectivity index (χ1n) is 5.94. The third-order valence-electron chi connectivity index (χ3n) is 2.84. The van der Waals surface area contributed by atoms with E-state index in [1.165, 1.54) is 11.1 Å². The lowest BCUT2D eigenvalue weighted by Crippen LogP contribution is -1.83. The predicted octanol–water partition coefficient (Wildman–Crippen LogP) is 4.37. The third-order valence-corrected chi connectivity index (χ3v) is 2.84. The minimum atomic E-state index is 0.695. The van der Waals surface area contributed by atoms with Gasteiger partial charge in [-0.15, -0.1) is 0 Å². The minimum absolute atomic E-state index is 0.695. The minimum Gasteiger partial charge on any atom is -0.192 e. The quantitative estimate of drug-likeness (QED) is 0.558. The van der Waals surface area contributed by atoms with Gasteiger partial charge in [-0.1, -0.05) is 59.7 Å². The molecule has 1 heteroatoms. The third kappa shape index (κ3) is 2.87. The van der Waals surface area contributed by atoms with Crippen LogP contribution in [0.2, 0.25) is 0 Å². The Kier molecular flexibility index (Phi) is 3.60. The summed E-state index contributed by atoms with van der Waals surface area (Å²) < 4.78 is 0. The van der Waals surface area contributed by atoms with Crippen molar-refractivity contribution in [2.45, 2.75) is 13.8 Å². The molecule has 0 bridgehead atoms. The summed E-state index contributed by atoms with van der Waals surface area (Å²) in [5.41, 5.74) is 5.12. The average molecular weight is 233 g/mol. The fraction of sp³-hybridized carbons (Fsp3) is 0.118. The number of nitriles is 1. The standard InChI is InChI=1S/C17H15N/c1-13-6-8-16(9-7-13)17(12-18)11-15-5-3-4-14(2)10-15/h3-11H,1-2H3/b17-11-. The molecule has 0 heterocycles. The fourth-order valence-electron chi connectivity index (χ4n) is 1.84. The van der Waals surface area contributed by atoms with E-state index in [1.807, 2.05) is 49.4 Å². The van der Waals surface area contributed by atoms with Gasteiger partial charge in [-0.2, -0.15) is 5.26 Å². The van der Waals surface area contributed by atoms with Crippen molar-refractivity contribution in [1.29, 1.82) is 5.26 Å². The number of aryl methyl sites for hydroxylation is 2. The monoisotopic (exact) mass is 233 g/mol. The second-order valence-corrected chi connectivity index (χ2v) is 4.45. The first kappa shape index (κ1) is 12.1. The van der Waals surface area contributed by atoms with Crippen LogP contribution in [0.4, 0.5) is 0 Å². The normalized spacial score (nSPS) is 11.1. The molecule has 0 spiro atoms. The van der Waals surface area contributed by atoms with Gasteiger partial charge in [0.05, 0.1) is 11.6 Å². The van der Waals surface area contributed by atoms with Crippen molar-refractivity contribution in [3.63, 3.8) is 0 Å². The Balaban J connectivity index is 2.40. The molecule has 0 atom stereocenters. The summed E-state index contributed by atoms with van der Waals surface area (Å²) in [5.74, 6) is 0. The Hall–Kier alpha value is -2.33. The Labute approximate surface area is 108 Å². The van der Waals surface area contributed by atoms with E-state index in [-0.39, 0.29) is 0 Å². The van der Waals surface area contributed by atoms with Crippen LogP contribution < -0.4 is 0 Å². The van der Waals surface area contributed by atoms with Crippen molar-refractivity contribution in [3.8, 4) is 6.07 Å². The van der Waals surface area contributed by atoms with Gasteiger partial charge in [-0.3, -0.25) is 0 Å². The molecule has 88 valence electrons. The summed E-state index contributed by atoms with van der Waals surface area (Å²) in [7, 11) is 0. The summed E-state index contributed by atoms with van der Waals surface area (Å²) >= 11 is 0. The van der Waals surface area contributed by atoms with E-state index in [4.69, 9.17) is 0 Å². The van der Waals surface area contributed by atoms with Crippen LogP contribution in [0, 0.1) is 25.2 Å². The molecule has 0 fully saturated rings. The Morgan fingerprint density at radius 2 is 1.72 bits per heavy atom. The largest absolute Gasteiger partial charge is 0.192 e. The van der Waals surface area contributed by atoms with Crippen molar-refractivity contribution in [2.75, 3.05) is 0 Å². The Morgan fingerprint density at radius 3 is 2.33 bits per heavy atom. The van der Waals surface area contributed by atoms with Crippen LogP contribution in [0.25, 0.3) is 11.6 Å². The molecule has 1 nitrogen and oxygen atoms in total. The fourth-order valence-corrected chi connectivity index (χ4v) is 1.84. The molecule has 0 saturated heterocycles. The van der Waals surface area contributed by atoms with Crippen LogP contribution in [0.15, 0.2) is 48.5 Å². The molecule has 2 rings (SSSR count). The van der Waals surface area contributed by atoms with Gasteiger partial charge in [0.25, 0.3) is 0 Å². The molecular weight excluding hydrogens is 218 g/mol. The van der Waals surface area contributed by atoms with Crippen molar-refractivity contribution in [2.24, 2.45) is 0 Å². The number of rotatable bonds is 2. The first-order chi connectivity index (χ1) is 8.69. The molecule has 0 amide bonds. The molecule has 0 aliphatic heterocycles. The van der Waals surface area contributed by atoms with Gasteiger partial charge in [-0.05, 0) is 31.1 Å². The lowest BCUT2D eigenvalue weighted by Gasteiger charge is -2.01. The second-order valence-electron chi connectivity index (χ2n) is 4.45. The van der Waals surface area contributed by atoms with Gasteiger partial charge < -0.3 is 0 Å². The number of hydrogen-bond acceptors (Lipinski definition) is 1. The highest BCUT2D eigenvalue weighted by Crippen LogP contribution is 2.18. The summed E-state index contributed by atoms with van der Waals surface area (Å²) in [6, 6.07) is 18.4. The Bertz CT molecular complexity index is 613. The molecule has 2 aromatic carbocycles. The van der Waals surface area contributed by atoms with Crippen LogP contribution in [-0.4, -0.2) is 0 Å². The lowest BCUT2D eigenvalue weighted by molar-refractivity contribution is 1.44. The highest BCUT2D eigenvalue weighted by molar-refractivity contribution is 5.89. The molecule has 0 aromatic heterocycles. The molecule has 0 saturated carbocycles. The zero-order valence-corrected chi connectivity index (χ0v) is 10.6. The predicted molar refractivity (Wildman–Crippen MR) is 75.8 cm³/mol. The average Bonchev–Trinajstić information content (AvgIpc) is 2.37. The summed E-state index contributed by atoms with van der Waals surface area (Å²) in [4.78, 5) is 0. The highest BCUT2D eigenvalue weighted by atomic mass is 14.2. The zero-order chi connectivity index (χ0) is 13.0. The van der Waals surface area contributed by atoms with Gasteiger partial charge >= 0.3 is 0 Å². The maximum absolute atomic E-state index is 9.26. The maximum atomic E-state index is 9.26. The van der Waals surface area contributed by atoms with E-state index in [9.17, 15) is 5.26 Å². The van der Waals surface area contributed by atoms with Crippen LogP contribution >= 0.6 is 0 Å². The molecule has 0 aliphatic carbocycles. The SMILES string of the molecule is Cc1ccc(/C(C#N)=C\c2cccc(C)c2)cc1. The summed E-state index contributed by atoms with van der Waals surface area (Å²) in [6.45, 7) is 4.09. The molecule has 0 N–H and O–H groups in total. The van der Waals surface area contributed by atoms with Crippen LogP contribution in [0.5, 0.6) is 0 Å². The van der Waals surface area contributed by atoms with E-state index in [1.54, 1.807) is 0 Å². The summed E-state index contributed by atoms with van der Waals surface area (Å²) in [6.07, 6.45) is 1.93. The number of allylic oxidation sites excluding steroid dienone is 1. The Morgan fingerprint density at radius 1 is 1.00 bits per heavy atom. The topological polar surface area (TPSA) is 23.8 Å². The van der Waals surface area contributed by atoms with Gasteiger partial charge in [0, 0.05) is 0 Å². The molecule has 2 aromatic rings. The van der Waals surface area contributed by atoms with E-state index >= 15 is 0 Å². The van der Waals surface area contributed by atoms with Crippen molar-refractivity contribution in [1.82, 2.24) is 0 Å². The first-order valence-corrected chi connectivity index (χ1v) is 5.94. The molecular formula is C17H15N.